The van der Waals surface area contributed by atoms with Crippen molar-refractivity contribution in [2.75, 3.05) is 26.3 Å². The molecule has 140 valence electrons. The molecule has 0 amide bonds. The average Bonchev–Trinajstić information content (AvgIpc) is 2.73. The number of aryl methyl sites for hydroxylation is 2. The summed E-state index contributed by atoms with van der Waals surface area (Å²) in [7, 11) is 1.99. The maximum Gasteiger partial charge on any atom is 0.191 e. The van der Waals surface area contributed by atoms with Crippen LogP contribution in [0.5, 0.6) is 0 Å². The predicted octanol–water partition coefficient (Wildman–Crippen LogP) is 2.57. The Morgan fingerprint density at radius 2 is 2.04 bits per heavy atom. The Hall–Kier alpha value is -0.830. The highest BCUT2D eigenvalue weighted by molar-refractivity contribution is 14.0. The largest absolute Gasteiger partial charge is 0.382 e. The molecule has 1 unspecified atom stereocenters. The summed E-state index contributed by atoms with van der Waals surface area (Å²) < 4.78 is 7.29. The molecule has 0 saturated carbocycles. The molecule has 0 spiro atoms. The zero-order valence-corrected chi connectivity index (χ0v) is 18.3. The van der Waals surface area contributed by atoms with Gasteiger partial charge in [-0.3, -0.25) is 9.67 Å². The highest BCUT2D eigenvalue weighted by Gasteiger charge is 2.13. The van der Waals surface area contributed by atoms with Gasteiger partial charge >= 0.3 is 0 Å². The van der Waals surface area contributed by atoms with E-state index in [1.165, 1.54) is 11.3 Å². The maximum absolute atomic E-state index is 5.34. The molecule has 1 aromatic rings. The van der Waals surface area contributed by atoms with Crippen molar-refractivity contribution < 1.29 is 4.74 Å². The topological polar surface area (TPSA) is 63.5 Å². The Bertz CT molecular complexity index is 501. The van der Waals surface area contributed by atoms with Gasteiger partial charge in [0.1, 0.15) is 0 Å². The van der Waals surface area contributed by atoms with Gasteiger partial charge in [-0.25, -0.2) is 0 Å². The van der Waals surface area contributed by atoms with Crippen molar-refractivity contribution >= 4 is 29.9 Å². The lowest BCUT2D eigenvalue weighted by atomic mass is 10.1. The summed E-state index contributed by atoms with van der Waals surface area (Å²) in [5.41, 5.74) is 3.66. The summed E-state index contributed by atoms with van der Waals surface area (Å²) in [5.74, 6) is 0.871. The molecule has 0 fully saturated rings. The molecule has 0 radical (unpaired) electrons. The number of guanidine groups is 1. The third-order valence-electron chi connectivity index (χ3n) is 3.82. The molecule has 24 heavy (non-hydrogen) atoms. The van der Waals surface area contributed by atoms with E-state index >= 15 is 0 Å². The van der Waals surface area contributed by atoms with Gasteiger partial charge in [0.15, 0.2) is 5.96 Å². The zero-order chi connectivity index (χ0) is 17.2. The Morgan fingerprint density at radius 3 is 2.58 bits per heavy atom. The van der Waals surface area contributed by atoms with Crippen molar-refractivity contribution in [1.82, 2.24) is 20.4 Å². The monoisotopic (exact) mass is 451 g/mol. The van der Waals surface area contributed by atoms with Crippen molar-refractivity contribution in [2.45, 2.75) is 53.5 Å². The number of aromatic nitrogens is 2. The highest BCUT2D eigenvalue weighted by atomic mass is 127. The molecule has 1 rings (SSSR count). The van der Waals surface area contributed by atoms with Crippen LogP contribution in [0.15, 0.2) is 4.99 Å². The smallest absolute Gasteiger partial charge is 0.191 e. The third-order valence-corrected chi connectivity index (χ3v) is 3.82. The van der Waals surface area contributed by atoms with E-state index in [-0.39, 0.29) is 24.0 Å². The quantitative estimate of drug-likeness (QED) is 0.262. The van der Waals surface area contributed by atoms with Gasteiger partial charge in [0, 0.05) is 45.1 Å². The van der Waals surface area contributed by atoms with Crippen molar-refractivity contribution in [3.8, 4) is 0 Å². The summed E-state index contributed by atoms with van der Waals surface area (Å²) in [4.78, 5) is 4.61. The maximum atomic E-state index is 5.34. The fourth-order valence-corrected chi connectivity index (χ4v) is 2.53. The summed E-state index contributed by atoms with van der Waals surface area (Å²) in [6.07, 6.45) is 1.88. The van der Waals surface area contributed by atoms with Crippen LogP contribution in [0.4, 0.5) is 0 Å². The van der Waals surface area contributed by atoms with Crippen LogP contribution in [0.3, 0.4) is 0 Å². The number of nitrogens with one attached hydrogen (secondary N) is 2. The second-order valence-corrected chi connectivity index (χ2v) is 5.83. The van der Waals surface area contributed by atoms with Gasteiger partial charge in [-0.15, -0.1) is 24.0 Å². The van der Waals surface area contributed by atoms with Gasteiger partial charge in [-0.2, -0.15) is 5.10 Å². The summed E-state index contributed by atoms with van der Waals surface area (Å²) >= 11 is 0. The van der Waals surface area contributed by atoms with Gasteiger partial charge < -0.3 is 15.4 Å². The molecule has 0 bridgehead atoms. The molecule has 0 aliphatic rings. The lowest BCUT2D eigenvalue weighted by Crippen LogP contribution is -2.43. The van der Waals surface area contributed by atoms with E-state index in [2.05, 4.69) is 48.4 Å². The van der Waals surface area contributed by atoms with Gasteiger partial charge in [0.25, 0.3) is 0 Å². The third kappa shape index (κ3) is 7.83. The first-order chi connectivity index (χ1) is 11.0. The van der Waals surface area contributed by atoms with E-state index in [1.807, 2.05) is 18.7 Å². The van der Waals surface area contributed by atoms with Gasteiger partial charge in [-0.05, 0) is 53.0 Å². The first-order valence-corrected chi connectivity index (χ1v) is 8.61. The summed E-state index contributed by atoms with van der Waals surface area (Å²) in [6, 6.07) is 0.293. The van der Waals surface area contributed by atoms with Gasteiger partial charge in [0.05, 0.1) is 5.69 Å². The predicted molar refractivity (Wildman–Crippen MR) is 111 cm³/mol. The molecule has 1 atom stereocenters. The Kier molecular flexibility index (Phi) is 12.1. The first-order valence-electron chi connectivity index (χ1n) is 8.61. The first kappa shape index (κ1) is 23.2. The fraction of sp³-hybridized carbons (Fsp3) is 0.765. The minimum Gasteiger partial charge on any atom is -0.382 e. The summed E-state index contributed by atoms with van der Waals surface area (Å²) in [5, 5.41) is 11.3. The fourth-order valence-electron chi connectivity index (χ4n) is 2.53. The SMILES string of the molecule is CCNC(=NCCCOCC)NC(C)Cc1c(C)nn(C)c1C.I. The molecule has 1 heterocycles. The van der Waals surface area contributed by atoms with Crippen molar-refractivity contribution in [2.24, 2.45) is 12.0 Å². The van der Waals surface area contributed by atoms with Crippen LogP contribution < -0.4 is 10.6 Å². The molecule has 0 aliphatic heterocycles. The minimum atomic E-state index is 0. The van der Waals surface area contributed by atoms with Crippen LogP contribution >= 0.6 is 24.0 Å². The average molecular weight is 451 g/mol. The molecule has 6 nitrogen and oxygen atoms in total. The molecule has 0 aromatic carbocycles. The van der Waals surface area contributed by atoms with Crippen LogP contribution in [0.25, 0.3) is 0 Å². The summed E-state index contributed by atoms with van der Waals surface area (Å²) in [6.45, 7) is 13.6. The van der Waals surface area contributed by atoms with E-state index in [1.54, 1.807) is 0 Å². The highest BCUT2D eigenvalue weighted by Crippen LogP contribution is 2.14. The number of ether oxygens (including phenoxy) is 1. The van der Waals surface area contributed by atoms with Crippen LogP contribution in [0.1, 0.15) is 44.1 Å². The number of rotatable bonds is 9. The molecular weight excluding hydrogens is 417 g/mol. The molecule has 2 N–H and O–H groups in total. The Morgan fingerprint density at radius 1 is 1.33 bits per heavy atom. The van der Waals surface area contributed by atoms with Gasteiger partial charge in [-0.1, -0.05) is 0 Å². The van der Waals surface area contributed by atoms with Crippen molar-refractivity contribution in [3.05, 3.63) is 17.0 Å². The lowest BCUT2D eigenvalue weighted by molar-refractivity contribution is 0.146. The number of halogens is 1. The normalized spacial score (nSPS) is 12.7. The Balaban J connectivity index is 0.00000529. The molecule has 0 aliphatic carbocycles. The molecule has 7 heteroatoms. The van der Waals surface area contributed by atoms with Gasteiger partial charge in [0.2, 0.25) is 0 Å². The van der Waals surface area contributed by atoms with E-state index in [0.717, 1.165) is 50.8 Å². The molecule has 0 saturated heterocycles. The number of aliphatic imine (C=N–C) groups is 1. The van der Waals surface area contributed by atoms with E-state index in [0.29, 0.717) is 6.04 Å². The number of nitrogens with zero attached hydrogens (tertiary/aromatic N) is 3. The minimum absolute atomic E-state index is 0. The zero-order valence-electron chi connectivity index (χ0n) is 16.0. The molecular formula is C17H34IN5O. The number of hydrogen-bond donors (Lipinski definition) is 2. The van der Waals surface area contributed by atoms with Crippen molar-refractivity contribution in [1.29, 1.82) is 0 Å². The van der Waals surface area contributed by atoms with E-state index < -0.39 is 0 Å². The van der Waals surface area contributed by atoms with Crippen LogP contribution in [0.2, 0.25) is 0 Å². The van der Waals surface area contributed by atoms with Crippen molar-refractivity contribution in [3.63, 3.8) is 0 Å². The van der Waals surface area contributed by atoms with Crippen LogP contribution in [-0.2, 0) is 18.2 Å². The second-order valence-electron chi connectivity index (χ2n) is 5.83. The standard InChI is InChI=1S/C17H33N5O.HI/c1-7-18-17(19-10-9-11-23-8-2)20-13(3)12-16-14(4)21-22(6)15(16)5;/h13H,7-12H2,1-6H3,(H2,18,19,20);1H. The molecule has 1 aromatic heterocycles. The van der Waals surface area contributed by atoms with E-state index in [9.17, 15) is 0 Å². The van der Waals surface area contributed by atoms with Crippen LogP contribution in [0, 0.1) is 13.8 Å². The lowest BCUT2D eigenvalue weighted by Gasteiger charge is -2.18. The Labute approximate surface area is 163 Å². The van der Waals surface area contributed by atoms with Crippen LogP contribution in [-0.4, -0.2) is 48.1 Å². The van der Waals surface area contributed by atoms with E-state index in [4.69, 9.17) is 4.74 Å². The second kappa shape index (κ2) is 12.5. The number of hydrogen-bond acceptors (Lipinski definition) is 3.